The van der Waals surface area contributed by atoms with E-state index in [4.69, 9.17) is 10.7 Å². The van der Waals surface area contributed by atoms with Crippen LogP contribution in [0.1, 0.15) is 5.82 Å². The average Bonchev–Trinajstić information content (AvgIpc) is 2.45. The number of halogens is 5. The van der Waals surface area contributed by atoms with Crippen LogP contribution in [-0.4, -0.2) is 29.6 Å². The highest BCUT2D eigenvalue weighted by Crippen LogP contribution is 2.33. The van der Waals surface area contributed by atoms with Crippen LogP contribution >= 0.6 is 10.7 Å². The van der Waals surface area contributed by atoms with E-state index in [1.54, 1.807) is 0 Å². The van der Waals surface area contributed by atoms with E-state index >= 15 is 0 Å². The summed E-state index contributed by atoms with van der Waals surface area (Å²) in [5, 5.41) is 4.49. The molecule has 0 aromatic carbocycles. The Morgan fingerprint density at radius 1 is 1.38 bits per heavy atom. The molecule has 1 heterocycles. The van der Waals surface area contributed by atoms with Gasteiger partial charge in [0.1, 0.15) is 0 Å². The van der Waals surface area contributed by atoms with Crippen molar-refractivity contribution in [3.8, 4) is 0 Å². The van der Waals surface area contributed by atoms with Gasteiger partial charge in [0, 0.05) is 17.7 Å². The van der Waals surface area contributed by atoms with Crippen molar-refractivity contribution in [2.45, 2.75) is 17.5 Å². The second kappa shape index (κ2) is 3.84. The first-order valence-corrected chi connectivity index (χ1v) is 5.90. The first-order valence-electron chi connectivity index (χ1n) is 3.59. The molecule has 16 heavy (non-hydrogen) atoms. The quantitative estimate of drug-likeness (QED) is 0.615. The van der Waals surface area contributed by atoms with Crippen molar-refractivity contribution >= 4 is 19.7 Å². The molecule has 1 aromatic heterocycles. The molecule has 11 heteroatoms. The highest BCUT2D eigenvalue weighted by molar-refractivity contribution is 8.13. The number of nitrogens with zero attached hydrogens (tertiary/aromatic N) is 3. The number of aromatic nitrogens is 3. The molecule has 0 saturated carbocycles. The summed E-state index contributed by atoms with van der Waals surface area (Å²) >= 11 is 0. The summed E-state index contributed by atoms with van der Waals surface area (Å²) in [4.78, 5) is 0. The molecule has 0 atom stereocenters. The van der Waals surface area contributed by atoms with Gasteiger partial charge in [0.2, 0.25) is 5.82 Å². The average molecular weight is 282 g/mol. The molecule has 0 amide bonds. The fraction of sp³-hybridized carbons (Fsp3) is 0.600. The molecule has 92 valence electrons. The monoisotopic (exact) mass is 281 g/mol. The van der Waals surface area contributed by atoms with Gasteiger partial charge in [0.15, 0.2) is 0 Å². The molecule has 0 spiro atoms. The Morgan fingerprint density at radius 2 is 1.88 bits per heavy atom. The molecule has 5 nitrogen and oxygen atoms in total. The molecule has 0 aliphatic carbocycles. The maximum atomic E-state index is 12.8. The lowest BCUT2D eigenvalue weighted by Crippen LogP contribution is -2.27. The molecule has 0 aliphatic rings. The zero-order chi connectivity index (χ0) is 12.7. The van der Waals surface area contributed by atoms with Crippen molar-refractivity contribution in [1.82, 2.24) is 14.8 Å². The molecule has 0 unspecified atom stereocenters. The van der Waals surface area contributed by atoms with Gasteiger partial charge in [-0.3, -0.25) is 4.57 Å². The van der Waals surface area contributed by atoms with Crippen molar-refractivity contribution in [2.24, 2.45) is 7.05 Å². The van der Waals surface area contributed by atoms with Gasteiger partial charge in [-0.25, -0.2) is 17.2 Å². The molecule has 0 saturated heterocycles. The third kappa shape index (κ3) is 2.12. The second-order valence-electron chi connectivity index (χ2n) is 2.73. The molecular formula is C5H4ClF4N3O2S. The van der Waals surface area contributed by atoms with Crippen LogP contribution in [0.2, 0.25) is 0 Å². The van der Waals surface area contributed by atoms with Gasteiger partial charge in [-0.05, 0) is 0 Å². The zero-order valence-electron chi connectivity index (χ0n) is 7.53. The summed E-state index contributed by atoms with van der Waals surface area (Å²) in [6, 6.07) is 0. The highest BCUT2D eigenvalue weighted by atomic mass is 35.7. The Morgan fingerprint density at radius 3 is 2.19 bits per heavy atom. The second-order valence-corrected chi connectivity index (χ2v) is 5.19. The van der Waals surface area contributed by atoms with Gasteiger partial charge >= 0.3 is 12.3 Å². The molecule has 0 bridgehead atoms. The van der Waals surface area contributed by atoms with Crippen LogP contribution in [0.5, 0.6) is 0 Å². The maximum Gasteiger partial charge on any atom is 0.365 e. The topological polar surface area (TPSA) is 64.8 Å². The minimum atomic E-state index is -4.60. The lowest BCUT2D eigenvalue weighted by atomic mass is 10.3. The normalized spacial score (nSPS) is 13.4. The third-order valence-corrected chi connectivity index (χ3v) is 2.83. The van der Waals surface area contributed by atoms with E-state index in [1.165, 1.54) is 0 Å². The van der Waals surface area contributed by atoms with E-state index in [9.17, 15) is 26.0 Å². The predicted octanol–water partition coefficient (Wildman–Crippen LogP) is 1.10. The third-order valence-electron chi connectivity index (χ3n) is 1.63. The van der Waals surface area contributed by atoms with Crippen LogP contribution in [0.15, 0.2) is 5.16 Å². The summed E-state index contributed by atoms with van der Waals surface area (Å²) in [5.74, 6) is -6.07. The highest BCUT2D eigenvalue weighted by Gasteiger charge is 2.48. The van der Waals surface area contributed by atoms with Crippen LogP contribution in [0.3, 0.4) is 0 Å². The lowest BCUT2D eigenvalue weighted by molar-refractivity contribution is -0.142. The fourth-order valence-corrected chi connectivity index (χ4v) is 1.87. The van der Waals surface area contributed by atoms with Crippen LogP contribution in [-0.2, 0) is 22.0 Å². The number of hydrogen-bond donors (Lipinski definition) is 0. The summed E-state index contributed by atoms with van der Waals surface area (Å²) in [5.41, 5.74) is 0. The van der Waals surface area contributed by atoms with E-state index < -0.39 is 32.4 Å². The molecule has 0 aliphatic heterocycles. The maximum absolute atomic E-state index is 12.8. The van der Waals surface area contributed by atoms with E-state index in [2.05, 4.69) is 10.2 Å². The van der Waals surface area contributed by atoms with Gasteiger partial charge in [0.25, 0.3) is 14.2 Å². The van der Waals surface area contributed by atoms with Gasteiger partial charge in [-0.2, -0.15) is 8.78 Å². The molecule has 0 fully saturated rings. The van der Waals surface area contributed by atoms with E-state index in [-0.39, 0.29) is 4.57 Å². The summed E-state index contributed by atoms with van der Waals surface area (Å²) in [7, 11) is 1.20. The Balaban J connectivity index is 3.36. The zero-order valence-corrected chi connectivity index (χ0v) is 9.11. The molecular weight excluding hydrogens is 278 g/mol. The standard InChI is InChI=1S/C5H4ClF4N3O2S/c1-13-3(5(9,10)2(7)8)11-12-4(13)16(6,14)15/h2H,1H3. The first kappa shape index (κ1) is 13.2. The number of alkyl halides is 4. The van der Waals surface area contributed by atoms with E-state index in [0.717, 1.165) is 7.05 Å². The van der Waals surface area contributed by atoms with Gasteiger partial charge in [-0.1, -0.05) is 0 Å². The van der Waals surface area contributed by atoms with Crippen LogP contribution in [0.4, 0.5) is 17.6 Å². The van der Waals surface area contributed by atoms with Crippen molar-refractivity contribution in [2.75, 3.05) is 0 Å². The van der Waals surface area contributed by atoms with Crippen LogP contribution in [0, 0.1) is 0 Å². The minimum absolute atomic E-state index is 0.203. The van der Waals surface area contributed by atoms with Crippen LogP contribution < -0.4 is 0 Å². The summed E-state index contributed by atoms with van der Waals surface area (Å²) in [6.07, 6.45) is -4.03. The minimum Gasteiger partial charge on any atom is -0.299 e. The number of hydrogen-bond acceptors (Lipinski definition) is 4. The Bertz CT molecular complexity index is 500. The fourth-order valence-electron chi connectivity index (χ4n) is 0.915. The number of rotatable bonds is 3. The van der Waals surface area contributed by atoms with Crippen molar-refractivity contribution in [3.63, 3.8) is 0 Å². The Hall–Kier alpha value is -0.900. The molecule has 0 radical (unpaired) electrons. The van der Waals surface area contributed by atoms with E-state index in [0.29, 0.717) is 0 Å². The molecule has 1 rings (SSSR count). The largest absolute Gasteiger partial charge is 0.365 e. The Labute approximate surface area is 91.4 Å². The van der Waals surface area contributed by atoms with E-state index in [1.807, 2.05) is 0 Å². The Kier molecular flexibility index (Phi) is 3.16. The van der Waals surface area contributed by atoms with Gasteiger partial charge < -0.3 is 0 Å². The van der Waals surface area contributed by atoms with Crippen molar-refractivity contribution in [3.05, 3.63) is 5.82 Å². The van der Waals surface area contributed by atoms with Crippen molar-refractivity contribution < 1.29 is 26.0 Å². The van der Waals surface area contributed by atoms with Gasteiger partial charge in [-0.15, -0.1) is 10.2 Å². The molecule has 0 N–H and O–H groups in total. The summed E-state index contributed by atoms with van der Waals surface area (Å²) < 4.78 is 71.4. The molecule has 1 aromatic rings. The van der Waals surface area contributed by atoms with Crippen molar-refractivity contribution in [1.29, 1.82) is 0 Å². The SMILES string of the molecule is Cn1c(C(F)(F)C(F)F)nnc1S(=O)(=O)Cl. The lowest BCUT2D eigenvalue weighted by Gasteiger charge is -2.13. The summed E-state index contributed by atoms with van der Waals surface area (Å²) in [6.45, 7) is 0. The first-order chi connectivity index (χ1) is 7.08. The predicted molar refractivity (Wildman–Crippen MR) is 43.9 cm³/mol. The smallest absolute Gasteiger partial charge is 0.299 e. The van der Waals surface area contributed by atoms with Crippen LogP contribution in [0.25, 0.3) is 0 Å². The van der Waals surface area contributed by atoms with Gasteiger partial charge in [0.05, 0.1) is 0 Å².